The molecule has 0 radical (unpaired) electrons. The molecule has 0 aromatic carbocycles. The third-order valence-electron chi connectivity index (χ3n) is 12.3. The van der Waals surface area contributed by atoms with Gasteiger partial charge in [0.25, 0.3) is 0 Å². The lowest BCUT2D eigenvalue weighted by Crippen LogP contribution is -2.15. The first-order chi connectivity index (χ1) is 49.8. The molecule has 103 heavy (non-hydrogen) atoms. The van der Waals surface area contributed by atoms with Crippen LogP contribution >= 0.6 is 36.2 Å². The molecule has 0 aromatic rings. The van der Waals surface area contributed by atoms with Crippen LogP contribution in [0.5, 0.6) is 0 Å². The second-order valence-electron chi connectivity index (χ2n) is 20.9. The van der Waals surface area contributed by atoms with E-state index in [2.05, 4.69) is 25.8 Å². The van der Waals surface area contributed by atoms with Crippen LogP contribution in [0.1, 0.15) is 168 Å². The summed E-state index contributed by atoms with van der Waals surface area (Å²) in [6.07, 6.45) is 12.3. The monoisotopic (exact) mass is 1530 g/mol. The molecule has 0 aromatic heterocycles. The van der Waals surface area contributed by atoms with E-state index in [-0.39, 0.29) is 207 Å². The average Bonchev–Trinajstić information content (AvgIpc) is 3.75. The summed E-state index contributed by atoms with van der Waals surface area (Å²) in [5, 5.41) is -0.441. The van der Waals surface area contributed by atoms with Crippen LogP contribution in [0.4, 0.5) is 0 Å². The number of carbonyl (C=O) groups excluding carboxylic acids is 13. The van der Waals surface area contributed by atoms with Gasteiger partial charge >= 0.3 is 59.7 Å². The van der Waals surface area contributed by atoms with E-state index >= 15 is 0 Å². The number of thiol groups is 1. The van der Waals surface area contributed by atoms with Crippen molar-refractivity contribution in [2.24, 2.45) is 0 Å². The van der Waals surface area contributed by atoms with Gasteiger partial charge in [0.15, 0.2) is 15.3 Å². The first-order valence-electron chi connectivity index (χ1n) is 34.8. The number of esters is 10. The van der Waals surface area contributed by atoms with Crippen LogP contribution in [0.15, 0.2) is 25.3 Å². The Bertz CT molecular complexity index is 2150. The van der Waals surface area contributed by atoms with Gasteiger partial charge in [-0.2, -0.15) is 0 Å². The highest BCUT2D eigenvalue weighted by atomic mass is 32.2. The minimum Gasteiger partial charge on any atom is -0.466 e. The van der Waals surface area contributed by atoms with E-state index in [9.17, 15) is 62.3 Å². The van der Waals surface area contributed by atoms with Gasteiger partial charge in [-0.3, -0.25) is 52.7 Å². The molecule has 0 aliphatic carbocycles. The highest BCUT2D eigenvalue weighted by molar-refractivity contribution is 8.13. The molecule has 594 valence electrons. The third-order valence-corrected chi connectivity index (χ3v) is 14.4. The number of thioether (sulfide) groups is 2. The largest absolute Gasteiger partial charge is 0.466 e. The van der Waals surface area contributed by atoms with Gasteiger partial charge in [-0.25, -0.2) is 9.59 Å². The van der Waals surface area contributed by atoms with E-state index in [0.29, 0.717) is 130 Å². The SMILES string of the molecule is C=CC(=O)OCCOCCOCOCCOCCOC(=O)C=C.CCOC(=O)CCCCCOC(=O)CCCC(=O)S.CCOC(=O)CCCCCOC(=O)CCCC(=O)SCCC(=O)OCCOCCOCOCCOCCOC(=O)CCSC(=O)CCCC(=O)OCCCCCC(=O)OCC. The molecule has 0 unspecified atom stereocenters. The number of carbonyl (C=O) groups is 13. The summed E-state index contributed by atoms with van der Waals surface area (Å²) < 4.78 is 91.3. The lowest BCUT2D eigenvalue weighted by atomic mass is 10.2. The van der Waals surface area contributed by atoms with Gasteiger partial charge in [0.2, 0.25) is 0 Å². The molecule has 0 spiro atoms. The molecule has 34 heteroatoms. The predicted molar refractivity (Wildman–Crippen MR) is 379 cm³/mol. The van der Waals surface area contributed by atoms with Crippen molar-refractivity contribution >= 4 is 111 Å². The van der Waals surface area contributed by atoms with Gasteiger partial charge in [0, 0.05) is 81.4 Å². The molecule has 0 aliphatic rings. The normalized spacial score (nSPS) is 10.5. The fourth-order valence-corrected chi connectivity index (χ4v) is 8.95. The Morgan fingerprint density at radius 1 is 0.262 bits per heavy atom. The fourth-order valence-electron chi connectivity index (χ4n) is 7.22. The standard InChI is InChI=1S/C41H68O18S2.C15H24O8.C13H22O5S/c1-3-54-34(42)13-7-5-9-21-56-36(44)15-11-17-40(48)60-31-19-38(46)58-29-27-50-23-25-52-33-53-26-24-51-28-30-59-39(47)20-32-61-41(49)18-12-16-37(45)57-22-10-6-8-14-35(43)55-4-2;1-3-14(16)22-11-9-18-5-7-20-13-21-8-6-19-10-12-23-15(17)4-2;1-2-17-11(14)7-4-3-5-10-18-12(15)8-6-9-13(16)19/h3-33H2,1-2H3;3-4H,1-2,5-13H2;2-10H2,1H3,(H,16,19). The Balaban J connectivity index is -0.00000192. The second kappa shape index (κ2) is 80.0. The van der Waals surface area contributed by atoms with Crippen molar-refractivity contribution in [3.05, 3.63) is 25.3 Å². The fraction of sp³-hybridized carbons (Fsp3) is 0.754. The van der Waals surface area contributed by atoms with Crippen molar-refractivity contribution in [1.29, 1.82) is 0 Å². The van der Waals surface area contributed by atoms with E-state index < -0.39 is 23.9 Å². The van der Waals surface area contributed by atoms with Gasteiger partial charge < -0.3 is 85.3 Å². The Hall–Kier alpha value is -6.08. The zero-order valence-corrected chi connectivity index (χ0v) is 63.2. The minimum absolute atomic E-state index is 0.0273. The maximum absolute atomic E-state index is 12.0. The topological polar surface area (TPSA) is 388 Å². The molecule has 0 amide bonds. The average molecular weight is 1540 g/mol. The van der Waals surface area contributed by atoms with Crippen molar-refractivity contribution in [2.75, 3.05) is 170 Å². The molecule has 0 N–H and O–H groups in total. The second-order valence-corrected chi connectivity index (χ2v) is 23.7. The van der Waals surface area contributed by atoms with Crippen LogP contribution in [0.25, 0.3) is 0 Å². The first kappa shape index (κ1) is 101. The predicted octanol–water partition coefficient (Wildman–Crippen LogP) is 7.82. The van der Waals surface area contributed by atoms with Gasteiger partial charge in [-0.05, 0) is 97.8 Å². The summed E-state index contributed by atoms with van der Waals surface area (Å²) in [5.74, 6) is -2.93. The van der Waals surface area contributed by atoms with Crippen molar-refractivity contribution in [3.63, 3.8) is 0 Å². The van der Waals surface area contributed by atoms with E-state index in [1.54, 1.807) is 20.8 Å². The summed E-state index contributed by atoms with van der Waals surface area (Å²) in [6, 6.07) is 0. The Kier molecular flexibility index (Phi) is 78.5. The third kappa shape index (κ3) is 84.7. The molecule has 0 fully saturated rings. The number of hydrogen-bond acceptors (Lipinski definition) is 33. The van der Waals surface area contributed by atoms with E-state index in [1.165, 1.54) is 0 Å². The number of rotatable bonds is 69. The lowest BCUT2D eigenvalue weighted by Gasteiger charge is -2.08. The van der Waals surface area contributed by atoms with E-state index in [0.717, 1.165) is 67.8 Å². The zero-order chi connectivity index (χ0) is 76.7. The maximum atomic E-state index is 12.0. The van der Waals surface area contributed by atoms with Crippen LogP contribution in [0.3, 0.4) is 0 Å². The number of hydrogen-bond donors (Lipinski definition) is 1. The van der Waals surface area contributed by atoms with Gasteiger partial charge in [-0.1, -0.05) is 36.7 Å². The van der Waals surface area contributed by atoms with Crippen LogP contribution in [0.2, 0.25) is 0 Å². The zero-order valence-electron chi connectivity index (χ0n) is 60.6. The van der Waals surface area contributed by atoms with Crippen LogP contribution in [-0.2, 0) is 148 Å². The first-order valence-corrected chi connectivity index (χ1v) is 37.2. The van der Waals surface area contributed by atoms with Crippen molar-refractivity contribution in [1.82, 2.24) is 0 Å². The number of unbranched alkanes of at least 4 members (excludes halogenated alkanes) is 6. The van der Waals surface area contributed by atoms with Crippen LogP contribution in [-0.4, -0.2) is 245 Å². The maximum Gasteiger partial charge on any atom is 0.330 e. The molecule has 0 saturated carbocycles. The Morgan fingerprint density at radius 2 is 0.505 bits per heavy atom. The number of ether oxygens (including phenoxy) is 18. The van der Waals surface area contributed by atoms with Gasteiger partial charge in [0.05, 0.1) is 132 Å². The lowest BCUT2D eigenvalue weighted by molar-refractivity contribution is -0.145. The summed E-state index contributed by atoms with van der Waals surface area (Å²) in [4.78, 5) is 148. The quantitative estimate of drug-likeness (QED) is 0.0151. The molecule has 0 aliphatic heterocycles. The highest BCUT2D eigenvalue weighted by Crippen LogP contribution is 2.14. The summed E-state index contributed by atoms with van der Waals surface area (Å²) in [7, 11) is 0. The van der Waals surface area contributed by atoms with Crippen LogP contribution < -0.4 is 0 Å². The van der Waals surface area contributed by atoms with Crippen molar-refractivity contribution in [2.45, 2.75) is 168 Å². The smallest absolute Gasteiger partial charge is 0.330 e. The minimum atomic E-state index is -0.473. The molecular weight excluding hydrogens is 1420 g/mol. The summed E-state index contributed by atoms with van der Waals surface area (Å²) >= 11 is 5.66. The summed E-state index contributed by atoms with van der Waals surface area (Å²) in [5.41, 5.74) is 0. The molecule has 0 bridgehead atoms. The van der Waals surface area contributed by atoms with E-state index in [1.807, 2.05) is 0 Å². The van der Waals surface area contributed by atoms with Crippen molar-refractivity contribution < 1.29 is 148 Å². The highest BCUT2D eigenvalue weighted by Gasteiger charge is 2.13. The molecule has 0 rings (SSSR count). The van der Waals surface area contributed by atoms with Gasteiger partial charge in [0.1, 0.15) is 40.0 Å². The molecule has 0 saturated heterocycles. The Morgan fingerprint density at radius 3 is 0.796 bits per heavy atom. The molecular formula is C69H114O31S3. The summed E-state index contributed by atoms with van der Waals surface area (Å²) in [6.45, 7) is 18.1. The van der Waals surface area contributed by atoms with E-state index in [4.69, 9.17) is 85.3 Å². The van der Waals surface area contributed by atoms with Crippen LogP contribution in [0, 0.1) is 0 Å². The molecule has 31 nitrogen and oxygen atoms in total. The van der Waals surface area contributed by atoms with Crippen molar-refractivity contribution in [3.8, 4) is 0 Å². The molecule has 0 heterocycles. The van der Waals surface area contributed by atoms with Gasteiger partial charge in [-0.15, -0.1) is 12.6 Å². The molecule has 0 atom stereocenters. The Labute approximate surface area is 620 Å².